The molecule has 1 aliphatic rings. The zero-order chi connectivity index (χ0) is 28.5. The van der Waals surface area contributed by atoms with Crippen molar-refractivity contribution in [3.8, 4) is 0 Å². The third-order valence-corrected chi connectivity index (χ3v) is 6.00. The van der Waals surface area contributed by atoms with Crippen LogP contribution in [0.2, 0.25) is 0 Å². The highest BCUT2D eigenvalue weighted by Crippen LogP contribution is 2.35. The van der Waals surface area contributed by atoms with E-state index in [1.807, 2.05) is 0 Å². The van der Waals surface area contributed by atoms with Gasteiger partial charge in [0.1, 0.15) is 11.7 Å². The van der Waals surface area contributed by atoms with Gasteiger partial charge >= 0.3 is 12.1 Å². The van der Waals surface area contributed by atoms with Crippen LogP contribution in [-0.2, 0) is 14.4 Å². The second kappa shape index (κ2) is 10.3. The van der Waals surface area contributed by atoms with Crippen molar-refractivity contribution in [3.05, 3.63) is 59.9 Å². The maximum absolute atomic E-state index is 13.7. The number of ketones is 1. The zero-order valence-corrected chi connectivity index (χ0v) is 20.0. The van der Waals surface area contributed by atoms with Gasteiger partial charge < -0.3 is 20.9 Å². The number of likely N-dealkylation sites (N-methyl/N-ethyl adjacent to an activating group) is 1. The van der Waals surface area contributed by atoms with Crippen molar-refractivity contribution >= 4 is 34.9 Å². The Kier molecular flexibility index (Phi) is 7.75. The van der Waals surface area contributed by atoms with E-state index in [1.165, 1.54) is 12.4 Å². The molecule has 2 aromatic rings. The van der Waals surface area contributed by atoms with E-state index in [2.05, 4.69) is 10.6 Å². The van der Waals surface area contributed by atoms with Gasteiger partial charge in [0.05, 0.1) is 24.5 Å². The van der Waals surface area contributed by atoms with Crippen molar-refractivity contribution in [2.75, 3.05) is 30.4 Å². The summed E-state index contributed by atoms with van der Waals surface area (Å²) in [5.74, 6) is -12.6. The molecule has 0 aliphatic carbocycles. The van der Waals surface area contributed by atoms with Crippen LogP contribution in [-0.4, -0.2) is 61.3 Å². The van der Waals surface area contributed by atoms with E-state index in [0.717, 1.165) is 36.1 Å². The lowest BCUT2D eigenvalue weighted by molar-refractivity contribution is -0.278. The number of rotatable bonds is 7. The minimum absolute atomic E-state index is 0.178. The Morgan fingerprint density at radius 3 is 2.24 bits per heavy atom. The molecule has 0 radical (unpaired) electrons. The number of carbonyl (C=O) groups excluding carboxylic acids is 4. The van der Waals surface area contributed by atoms with Crippen LogP contribution in [0.1, 0.15) is 17.3 Å². The number of carbonyl (C=O) groups is 4. The number of para-hydroxylation sites is 2. The standard InChI is InChI=1S/C24H22F6N4O4/c1-13(19(36)32-12-23(26,27)24(28,29)30)20(37)33-22(18(35)14-7-9-15(25)10-8-14)11-31-16-5-3-4-6-17(16)34(2)21(22)38/h3-10,13,31H,11-12H2,1-2H3,(H,32,36)(H,33,37)/t13?,22-/m0/s1. The average molecular weight is 544 g/mol. The van der Waals surface area contributed by atoms with Crippen LogP contribution in [0.15, 0.2) is 48.5 Å². The smallest absolute Gasteiger partial charge is 0.380 e. The predicted octanol–water partition coefficient (Wildman–Crippen LogP) is 2.90. The lowest BCUT2D eigenvalue weighted by atomic mass is 9.86. The Morgan fingerprint density at radius 2 is 1.63 bits per heavy atom. The molecule has 0 spiro atoms. The van der Waals surface area contributed by atoms with Crippen molar-refractivity contribution in [1.82, 2.24) is 10.6 Å². The van der Waals surface area contributed by atoms with Crippen molar-refractivity contribution in [1.29, 1.82) is 0 Å². The van der Waals surface area contributed by atoms with E-state index >= 15 is 0 Å². The minimum Gasteiger partial charge on any atom is -0.380 e. The molecule has 0 aromatic heterocycles. The van der Waals surface area contributed by atoms with Gasteiger partial charge in [-0.25, -0.2) is 4.39 Å². The molecule has 0 bridgehead atoms. The first-order valence-electron chi connectivity index (χ1n) is 11.1. The molecule has 3 amide bonds. The number of halogens is 6. The first kappa shape index (κ1) is 28.5. The molecule has 0 saturated carbocycles. The van der Waals surface area contributed by atoms with Crippen LogP contribution in [0.25, 0.3) is 0 Å². The molecule has 38 heavy (non-hydrogen) atoms. The molecule has 8 nitrogen and oxygen atoms in total. The summed E-state index contributed by atoms with van der Waals surface area (Å²) < 4.78 is 77.1. The summed E-state index contributed by atoms with van der Waals surface area (Å²) in [6, 6.07) is 10.5. The molecule has 2 atom stereocenters. The molecule has 1 aliphatic heterocycles. The van der Waals surface area contributed by atoms with Crippen molar-refractivity contribution < 1.29 is 45.5 Å². The quantitative estimate of drug-likeness (QED) is 0.282. The molecular weight excluding hydrogens is 522 g/mol. The third kappa shape index (κ3) is 5.43. The maximum Gasteiger partial charge on any atom is 0.455 e. The van der Waals surface area contributed by atoms with Crippen LogP contribution in [0.4, 0.5) is 37.7 Å². The second-order valence-corrected chi connectivity index (χ2v) is 8.61. The summed E-state index contributed by atoms with van der Waals surface area (Å²) in [7, 11) is 1.32. The highest BCUT2D eigenvalue weighted by atomic mass is 19.4. The number of alkyl halides is 5. The van der Waals surface area contributed by atoms with E-state index < -0.39 is 66.0 Å². The fraction of sp³-hybridized carbons (Fsp3) is 0.333. The Morgan fingerprint density at radius 1 is 1.03 bits per heavy atom. The number of benzene rings is 2. The third-order valence-electron chi connectivity index (χ3n) is 6.00. The van der Waals surface area contributed by atoms with E-state index in [4.69, 9.17) is 0 Å². The van der Waals surface area contributed by atoms with Crippen LogP contribution < -0.4 is 20.9 Å². The van der Waals surface area contributed by atoms with E-state index in [-0.39, 0.29) is 5.56 Å². The number of anilines is 2. The fourth-order valence-electron chi connectivity index (χ4n) is 3.68. The number of fused-ring (bicyclic) bond motifs is 1. The normalized spacial score (nSPS) is 18.5. The van der Waals surface area contributed by atoms with Crippen LogP contribution in [0, 0.1) is 11.7 Å². The Labute approximate surface area is 212 Å². The Bertz CT molecular complexity index is 1250. The molecule has 1 heterocycles. The van der Waals surface area contributed by atoms with Gasteiger partial charge in [-0.15, -0.1) is 0 Å². The Balaban J connectivity index is 1.94. The number of hydrogen-bond donors (Lipinski definition) is 3. The summed E-state index contributed by atoms with van der Waals surface area (Å²) in [6.45, 7) is -1.75. The van der Waals surface area contributed by atoms with Gasteiger partial charge in [0, 0.05) is 12.6 Å². The topological polar surface area (TPSA) is 108 Å². The van der Waals surface area contributed by atoms with Crippen LogP contribution >= 0.6 is 0 Å². The van der Waals surface area contributed by atoms with E-state index in [9.17, 15) is 45.5 Å². The van der Waals surface area contributed by atoms with Crippen LogP contribution in [0.3, 0.4) is 0 Å². The molecule has 3 N–H and O–H groups in total. The number of hydrogen-bond acceptors (Lipinski definition) is 5. The van der Waals surface area contributed by atoms with Crippen molar-refractivity contribution in [3.63, 3.8) is 0 Å². The zero-order valence-electron chi connectivity index (χ0n) is 20.0. The summed E-state index contributed by atoms with van der Waals surface area (Å²) in [4.78, 5) is 53.7. The van der Waals surface area contributed by atoms with Gasteiger partial charge in [0.25, 0.3) is 5.91 Å². The molecular formula is C24H22F6N4O4. The Hall–Kier alpha value is -4.10. The van der Waals surface area contributed by atoms with E-state index in [0.29, 0.717) is 11.4 Å². The summed E-state index contributed by atoms with van der Waals surface area (Å²) in [5, 5.41) is 6.45. The largest absolute Gasteiger partial charge is 0.455 e. The first-order chi connectivity index (χ1) is 17.6. The van der Waals surface area contributed by atoms with Gasteiger partial charge in [-0.05, 0) is 43.3 Å². The lowest BCUT2D eigenvalue weighted by Gasteiger charge is -2.34. The first-order valence-corrected chi connectivity index (χ1v) is 11.1. The lowest BCUT2D eigenvalue weighted by Crippen LogP contribution is -2.67. The van der Waals surface area contributed by atoms with Gasteiger partial charge in [-0.1, -0.05) is 12.1 Å². The van der Waals surface area contributed by atoms with E-state index in [1.54, 1.807) is 24.3 Å². The number of amides is 3. The molecule has 3 rings (SSSR count). The molecule has 1 unspecified atom stereocenters. The van der Waals surface area contributed by atoms with Crippen molar-refractivity contribution in [2.45, 2.75) is 24.6 Å². The highest BCUT2D eigenvalue weighted by Gasteiger charge is 2.57. The van der Waals surface area contributed by atoms with Crippen LogP contribution in [0.5, 0.6) is 0 Å². The summed E-state index contributed by atoms with van der Waals surface area (Å²) in [6.07, 6.45) is -5.94. The summed E-state index contributed by atoms with van der Waals surface area (Å²) in [5.41, 5.74) is -1.84. The summed E-state index contributed by atoms with van der Waals surface area (Å²) >= 11 is 0. The number of nitrogens with zero attached hydrogens (tertiary/aromatic N) is 1. The molecule has 204 valence electrons. The number of Topliss-reactive ketones (excluding diaryl/α,β-unsaturated/α-hetero) is 1. The van der Waals surface area contributed by atoms with Gasteiger partial charge in [0.15, 0.2) is 5.78 Å². The number of nitrogens with one attached hydrogen (secondary N) is 3. The molecule has 2 aromatic carbocycles. The fourth-order valence-corrected chi connectivity index (χ4v) is 3.68. The predicted molar refractivity (Wildman–Crippen MR) is 123 cm³/mol. The van der Waals surface area contributed by atoms with Gasteiger partial charge in [-0.2, -0.15) is 22.0 Å². The SMILES string of the molecule is CC(C(=O)NCC(F)(F)C(F)(F)F)C(=O)N[C@]1(C(=O)c2ccc(F)cc2)CNc2ccccc2N(C)C1=O. The maximum atomic E-state index is 13.7. The monoisotopic (exact) mass is 544 g/mol. The second-order valence-electron chi connectivity index (χ2n) is 8.61. The average Bonchev–Trinajstić information content (AvgIpc) is 2.97. The minimum atomic E-state index is -5.94. The molecule has 14 heteroatoms. The van der Waals surface area contributed by atoms with Gasteiger partial charge in [-0.3, -0.25) is 19.2 Å². The van der Waals surface area contributed by atoms with Gasteiger partial charge in [0.2, 0.25) is 17.4 Å². The highest BCUT2D eigenvalue weighted by molar-refractivity contribution is 6.25. The molecule has 0 saturated heterocycles. The van der Waals surface area contributed by atoms with Crippen molar-refractivity contribution in [2.24, 2.45) is 5.92 Å². The molecule has 0 fully saturated rings.